The zero-order valence-electron chi connectivity index (χ0n) is 13.0. The van der Waals surface area contributed by atoms with Gasteiger partial charge < -0.3 is 9.47 Å². The van der Waals surface area contributed by atoms with Crippen molar-refractivity contribution in [1.29, 1.82) is 0 Å². The predicted molar refractivity (Wildman–Crippen MR) is 98.0 cm³/mol. The highest BCUT2D eigenvalue weighted by molar-refractivity contribution is 9.10. The first kappa shape index (κ1) is 18.3. The Hall–Kier alpha value is -2.05. The van der Waals surface area contributed by atoms with Crippen molar-refractivity contribution in [2.24, 2.45) is 5.10 Å². The summed E-state index contributed by atoms with van der Waals surface area (Å²) in [6, 6.07) is 12.4. The van der Waals surface area contributed by atoms with Crippen LogP contribution in [0.4, 0.5) is 0 Å². The van der Waals surface area contributed by atoms with Gasteiger partial charge in [0.05, 0.1) is 12.8 Å². The third-order valence-electron chi connectivity index (χ3n) is 2.83. The van der Waals surface area contributed by atoms with Gasteiger partial charge in [-0.1, -0.05) is 33.6 Å². The Labute approximate surface area is 153 Å². The third kappa shape index (κ3) is 5.86. The van der Waals surface area contributed by atoms with Gasteiger partial charge in [-0.05, 0) is 43.3 Å². The van der Waals surface area contributed by atoms with Crippen molar-refractivity contribution in [2.75, 3.05) is 13.2 Å². The number of rotatable bonds is 7. The Morgan fingerprint density at radius 1 is 1.29 bits per heavy atom. The molecular formula is C17H16BrClN2O3. The predicted octanol–water partition coefficient (Wildman–Crippen LogP) is 4.03. The van der Waals surface area contributed by atoms with Gasteiger partial charge in [0, 0.05) is 15.1 Å². The van der Waals surface area contributed by atoms with E-state index < -0.39 is 0 Å². The van der Waals surface area contributed by atoms with E-state index in [0.29, 0.717) is 28.7 Å². The number of ether oxygens (including phenoxy) is 2. The third-order valence-corrected chi connectivity index (χ3v) is 3.56. The van der Waals surface area contributed by atoms with Gasteiger partial charge in [0.2, 0.25) is 0 Å². The minimum absolute atomic E-state index is 0.137. The highest BCUT2D eigenvalue weighted by atomic mass is 79.9. The topological polar surface area (TPSA) is 59.9 Å². The number of nitrogens with one attached hydrogen (secondary N) is 1. The standard InChI is InChI=1S/C17H16BrClN2O3/c1-2-23-16-7-6-14(19)8-12(16)10-20-21-17(22)11-24-15-5-3-4-13(18)9-15/h3-10H,2,11H2,1H3,(H,21,22)/b20-10+. The van der Waals surface area contributed by atoms with Crippen LogP contribution in [0.25, 0.3) is 0 Å². The van der Waals surface area contributed by atoms with Crippen LogP contribution >= 0.6 is 27.5 Å². The molecule has 0 saturated carbocycles. The van der Waals surface area contributed by atoms with Gasteiger partial charge in [0.1, 0.15) is 11.5 Å². The van der Waals surface area contributed by atoms with Crippen molar-refractivity contribution in [3.63, 3.8) is 0 Å². The molecule has 0 unspecified atom stereocenters. The van der Waals surface area contributed by atoms with Gasteiger partial charge in [-0.3, -0.25) is 4.79 Å². The van der Waals surface area contributed by atoms with Crippen molar-refractivity contribution in [2.45, 2.75) is 6.92 Å². The van der Waals surface area contributed by atoms with Gasteiger partial charge in [-0.2, -0.15) is 5.10 Å². The zero-order valence-corrected chi connectivity index (χ0v) is 15.3. The highest BCUT2D eigenvalue weighted by Crippen LogP contribution is 2.21. The lowest BCUT2D eigenvalue weighted by molar-refractivity contribution is -0.123. The number of benzene rings is 2. The summed E-state index contributed by atoms with van der Waals surface area (Å²) in [5.74, 6) is 0.869. The maximum Gasteiger partial charge on any atom is 0.277 e. The average molecular weight is 412 g/mol. The summed E-state index contributed by atoms with van der Waals surface area (Å²) in [4.78, 5) is 11.8. The second-order valence-corrected chi connectivity index (χ2v) is 6.01. The van der Waals surface area contributed by atoms with E-state index in [1.807, 2.05) is 19.1 Å². The molecule has 5 nitrogen and oxygen atoms in total. The Balaban J connectivity index is 1.89. The highest BCUT2D eigenvalue weighted by Gasteiger charge is 2.04. The number of hydrogen-bond donors (Lipinski definition) is 1. The number of hydrazone groups is 1. The van der Waals surface area contributed by atoms with Gasteiger partial charge in [-0.25, -0.2) is 5.43 Å². The van der Waals surface area contributed by atoms with Crippen molar-refractivity contribution in [1.82, 2.24) is 5.43 Å². The van der Waals surface area contributed by atoms with E-state index in [1.165, 1.54) is 6.21 Å². The molecular weight excluding hydrogens is 396 g/mol. The van der Waals surface area contributed by atoms with Crippen molar-refractivity contribution < 1.29 is 14.3 Å². The molecule has 0 saturated heterocycles. The zero-order chi connectivity index (χ0) is 17.4. The van der Waals surface area contributed by atoms with E-state index in [4.69, 9.17) is 21.1 Å². The Bertz CT molecular complexity index is 738. The van der Waals surface area contributed by atoms with Crippen molar-refractivity contribution in [3.05, 3.63) is 57.5 Å². The quantitative estimate of drug-likeness (QED) is 0.553. The number of hydrogen-bond acceptors (Lipinski definition) is 4. The first-order valence-electron chi connectivity index (χ1n) is 7.21. The summed E-state index contributed by atoms with van der Waals surface area (Å²) >= 11 is 9.30. The molecule has 1 amide bonds. The fraction of sp³-hybridized carbons (Fsp3) is 0.176. The van der Waals surface area contributed by atoms with Crippen LogP contribution in [0, 0.1) is 0 Å². The summed E-state index contributed by atoms with van der Waals surface area (Å²) in [7, 11) is 0. The van der Waals surface area contributed by atoms with Crippen LogP contribution in [0.5, 0.6) is 11.5 Å². The van der Waals surface area contributed by atoms with Gasteiger partial charge in [0.15, 0.2) is 6.61 Å². The molecule has 0 radical (unpaired) electrons. The molecule has 2 rings (SSSR count). The van der Waals surface area contributed by atoms with E-state index in [-0.39, 0.29) is 12.5 Å². The summed E-state index contributed by atoms with van der Waals surface area (Å²) in [6.07, 6.45) is 1.48. The van der Waals surface area contributed by atoms with Gasteiger partial charge >= 0.3 is 0 Å². The SMILES string of the molecule is CCOc1ccc(Cl)cc1/C=N/NC(=O)COc1cccc(Br)c1. The first-order valence-corrected chi connectivity index (χ1v) is 8.38. The lowest BCUT2D eigenvalue weighted by atomic mass is 10.2. The largest absolute Gasteiger partial charge is 0.493 e. The molecule has 0 aromatic heterocycles. The molecule has 0 aliphatic carbocycles. The number of carbonyl (C=O) groups excluding carboxylic acids is 1. The Morgan fingerprint density at radius 3 is 2.88 bits per heavy atom. The summed E-state index contributed by atoms with van der Waals surface area (Å²) in [5.41, 5.74) is 3.08. The van der Waals surface area contributed by atoms with Gasteiger partial charge in [-0.15, -0.1) is 0 Å². The molecule has 0 aliphatic rings. The molecule has 2 aromatic carbocycles. The van der Waals surface area contributed by atoms with E-state index in [9.17, 15) is 4.79 Å². The molecule has 0 bridgehead atoms. The monoisotopic (exact) mass is 410 g/mol. The maximum atomic E-state index is 11.8. The first-order chi connectivity index (χ1) is 11.6. The second-order valence-electron chi connectivity index (χ2n) is 4.65. The molecule has 1 N–H and O–H groups in total. The van der Waals surface area contributed by atoms with Crippen LogP contribution in [0.3, 0.4) is 0 Å². The van der Waals surface area contributed by atoms with E-state index in [1.54, 1.807) is 30.3 Å². The number of nitrogens with zero attached hydrogens (tertiary/aromatic N) is 1. The Morgan fingerprint density at radius 2 is 2.12 bits per heavy atom. The molecule has 0 atom stereocenters. The summed E-state index contributed by atoms with van der Waals surface area (Å²) in [5, 5.41) is 4.46. The van der Waals surface area contributed by atoms with Gasteiger partial charge in [0.25, 0.3) is 5.91 Å². The van der Waals surface area contributed by atoms with Crippen LogP contribution in [0.15, 0.2) is 52.0 Å². The van der Waals surface area contributed by atoms with Crippen LogP contribution in [-0.2, 0) is 4.79 Å². The maximum absolute atomic E-state index is 11.8. The van der Waals surface area contributed by atoms with Crippen LogP contribution in [0.2, 0.25) is 5.02 Å². The number of carbonyl (C=O) groups is 1. The van der Waals surface area contributed by atoms with E-state index in [2.05, 4.69) is 26.5 Å². The molecule has 2 aromatic rings. The molecule has 0 heterocycles. The molecule has 24 heavy (non-hydrogen) atoms. The molecule has 0 fully saturated rings. The minimum atomic E-state index is -0.369. The lowest BCUT2D eigenvalue weighted by Crippen LogP contribution is -2.24. The van der Waals surface area contributed by atoms with Crippen LogP contribution in [0.1, 0.15) is 12.5 Å². The average Bonchev–Trinajstić information content (AvgIpc) is 2.55. The van der Waals surface area contributed by atoms with E-state index >= 15 is 0 Å². The minimum Gasteiger partial charge on any atom is -0.493 e. The van der Waals surface area contributed by atoms with E-state index in [0.717, 1.165) is 4.47 Å². The van der Waals surface area contributed by atoms with Crippen LogP contribution < -0.4 is 14.9 Å². The fourth-order valence-electron chi connectivity index (χ4n) is 1.82. The second kappa shape index (κ2) is 9.30. The Kier molecular flexibility index (Phi) is 7.08. The normalized spacial score (nSPS) is 10.6. The molecule has 0 spiro atoms. The van der Waals surface area contributed by atoms with Crippen molar-refractivity contribution >= 4 is 39.7 Å². The molecule has 7 heteroatoms. The number of halogens is 2. The fourth-order valence-corrected chi connectivity index (χ4v) is 2.38. The summed E-state index contributed by atoms with van der Waals surface area (Å²) in [6.45, 7) is 2.27. The summed E-state index contributed by atoms with van der Waals surface area (Å²) < 4.78 is 11.7. The van der Waals surface area contributed by atoms with Crippen LogP contribution in [-0.4, -0.2) is 25.3 Å². The number of amides is 1. The smallest absolute Gasteiger partial charge is 0.277 e. The molecule has 0 aliphatic heterocycles. The van der Waals surface area contributed by atoms with Crippen molar-refractivity contribution in [3.8, 4) is 11.5 Å². The molecule has 126 valence electrons. The lowest BCUT2D eigenvalue weighted by Gasteiger charge is -2.07.